The number of nitrogen functional groups attached to an aromatic ring is 1. The highest BCUT2D eigenvalue weighted by molar-refractivity contribution is 5.91. The monoisotopic (exact) mass is 296 g/mol. The molecule has 21 heavy (non-hydrogen) atoms. The van der Waals surface area contributed by atoms with Gasteiger partial charge in [-0.3, -0.25) is 0 Å². The molecule has 0 unspecified atom stereocenters. The molecule has 2 aromatic rings. The standard InChI is InChI=1S/C14H11F3N2O2/c1-6-2-10(17)12(4-8(6)15)19-13-5-9(16)7(14(20)21)3-11(13)18/h2-5,19H,18H2,1H3,(H,20,21). The van der Waals surface area contributed by atoms with Gasteiger partial charge in [0.25, 0.3) is 0 Å². The van der Waals surface area contributed by atoms with E-state index >= 15 is 0 Å². The van der Waals surface area contributed by atoms with Gasteiger partial charge in [0.2, 0.25) is 0 Å². The first-order valence-corrected chi connectivity index (χ1v) is 5.84. The van der Waals surface area contributed by atoms with E-state index in [9.17, 15) is 18.0 Å². The highest BCUT2D eigenvalue weighted by atomic mass is 19.1. The number of aryl methyl sites for hydroxylation is 1. The molecule has 0 radical (unpaired) electrons. The van der Waals surface area contributed by atoms with Gasteiger partial charge in [-0.1, -0.05) is 0 Å². The van der Waals surface area contributed by atoms with Gasteiger partial charge in [-0.2, -0.15) is 0 Å². The largest absolute Gasteiger partial charge is 0.478 e. The third-order valence-electron chi connectivity index (χ3n) is 2.89. The van der Waals surface area contributed by atoms with E-state index in [2.05, 4.69) is 5.32 Å². The van der Waals surface area contributed by atoms with Gasteiger partial charge in [0.05, 0.1) is 22.6 Å². The number of benzene rings is 2. The summed E-state index contributed by atoms with van der Waals surface area (Å²) >= 11 is 0. The van der Waals surface area contributed by atoms with E-state index < -0.39 is 29.0 Å². The maximum atomic E-state index is 13.7. The summed E-state index contributed by atoms with van der Waals surface area (Å²) < 4.78 is 40.7. The van der Waals surface area contributed by atoms with E-state index in [1.807, 2.05) is 0 Å². The molecule has 0 saturated heterocycles. The summed E-state index contributed by atoms with van der Waals surface area (Å²) in [5.41, 5.74) is 4.72. The second kappa shape index (κ2) is 5.35. The van der Waals surface area contributed by atoms with Crippen LogP contribution in [0.1, 0.15) is 15.9 Å². The first kappa shape index (κ1) is 14.7. The first-order valence-electron chi connectivity index (χ1n) is 5.84. The molecule has 7 heteroatoms. The smallest absolute Gasteiger partial charge is 0.338 e. The molecule has 2 aromatic carbocycles. The lowest BCUT2D eigenvalue weighted by Gasteiger charge is -2.12. The summed E-state index contributed by atoms with van der Waals surface area (Å²) in [5.74, 6) is -3.89. The van der Waals surface area contributed by atoms with E-state index in [0.29, 0.717) is 0 Å². The molecule has 0 aliphatic carbocycles. The molecule has 0 bridgehead atoms. The van der Waals surface area contributed by atoms with Gasteiger partial charge in [-0.25, -0.2) is 18.0 Å². The Morgan fingerprint density at radius 1 is 1.05 bits per heavy atom. The Morgan fingerprint density at radius 3 is 2.29 bits per heavy atom. The zero-order valence-corrected chi connectivity index (χ0v) is 10.9. The number of carboxylic acids is 1. The SMILES string of the molecule is Cc1cc(F)c(Nc2cc(F)c(C(=O)O)cc2N)cc1F. The number of halogens is 3. The Balaban J connectivity index is 2.43. The van der Waals surface area contributed by atoms with Crippen LogP contribution in [0.25, 0.3) is 0 Å². The third-order valence-corrected chi connectivity index (χ3v) is 2.89. The van der Waals surface area contributed by atoms with Crippen LogP contribution in [0.4, 0.5) is 30.2 Å². The molecule has 110 valence electrons. The normalized spacial score (nSPS) is 10.5. The van der Waals surface area contributed by atoms with Crippen molar-refractivity contribution < 1.29 is 23.1 Å². The summed E-state index contributed by atoms with van der Waals surface area (Å²) in [6.45, 7) is 1.40. The molecule has 0 aliphatic rings. The number of hydrogen-bond acceptors (Lipinski definition) is 3. The van der Waals surface area contributed by atoms with Crippen molar-refractivity contribution in [1.29, 1.82) is 0 Å². The van der Waals surface area contributed by atoms with Crippen molar-refractivity contribution in [2.75, 3.05) is 11.1 Å². The molecule has 0 spiro atoms. The molecule has 0 heterocycles. The molecule has 0 amide bonds. The second-order valence-electron chi connectivity index (χ2n) is 4.43. The summed E-state index contributed by atoms with van der Waals surface area (Å²) in [6, 6.07) is 3.61. The van der Waals surface area contributed by atoms with Crippen molar-refractivity contribution in [3.8, 4) is 0 Å². The van der Waals surface area contributed by atoms with E-state index in [1.54, 1.807) is 0 Å². The molecule has 0 atom stereocenters. The van der Waals surface area contributed by atoms with E-state index in [1.165, 1.54) is 6.92 Å². The fourth-order valence-corrected chi connectivity index (χ4v) is 1.75. The Labute approximate surface area is 118 Å². The lowest BCUT2D eigenvalue weighted by molar-refractivity contribution is 0.0692. The van der Waals surface area contributed by atoms with E-state index in [0.717, 1.165) is 24.3 Å². The number of nitrogens with two attached hydrogens (primary N) is 1. The Kier molecular flexibility index (Phi) is 3.75. The maximum absolute atomic E-state index is 13.7. The van der Waals surface area contributed by atoms with Crippen LogP contribution < -0.4 is 11.1 Å². The van der Waals surface area contributed by atoms with Gasteiger partial charge in [0.1, 0.15) is 17.5 Å². The Morgan fingerprint density at radius 2 is 1.67 bits per heavy atom. The average molecular weight is 296 g/mol. The predicted octanol–water partition coefficient (Wildman–Crippen LogP) is 3.44. The zero-order valence-electron chi connectivity index (χ0n) is 10.9. The molecule has 0 aliphatic heterocycles. The fourth-order valence-electron chi connectivity index (χ4n) is 1.75. The van der Waals surface area contributed by atoms with Crippen molar-refractivity contribution in [2.45, 2.75) is 6.92 Å². The molecule has 0 aromatic heterocycles. The number of nitrogens with one attached hydrogen (secondary N) is 1. The van der Waals surface area contributed by atoms with Gasteiger partial charge >= 0.3 is 5.97 Å². The van der Waals surface area contributed by atoms with Gasteiger partial charge in [0, 0.05) is 12.1 Å². The molecule has 0 fully saturated rings. The Hall–Kier alpha value is -2.70. The number of carbonyl (C=O) groups is 1. The van der Waals surface area contributed by atoms with Crippen LogP contribution in [0.3, 0.4) is 0 Å². The van der Waals surface area contributed by atoms with E-state index in [4.69, 9.17) is 10.8 Å². The van der Waals surface area contributed by atoms with Crippen molar-refractivity contribution in [1.82, 2.24) is 0 Å². The van der Waals surface area contributed by atoms with Crippen molar-refractivity contribution >= 4 is 23.0 Å². The van der Waals surface area contributed by atoms with Gasteiger partial charge < -0.3 is 16.2 Å². The highest BCUT2D eigenvalue weighted by Crippen LogP contribution is 2.29. The summed E-state index contributed by atoms with van der Waals surface area (Å²) in [5, 5.41) is 11.2. The highest BCUT2D eigenvalue weighted by Gasteiger charge is 2.15. The number of aromatic carboxylic acids is 1. The maximum Gasteiger partial charge on any atom is 0.338 e. The predicted molar refractivity (Wildman–Crippen MR) is 72.1 cm³/mol. The van der Waals surface area contributed by atoms with Crippen LogP contribution in [-0.4, -0.2) is 11.1 Å². The van der Waals surface area contributed by atoms with Crippen LogP contribution in [0.5, 0.6) is 0 Å². The lowest BCUT2D eigenvalue weighted by Crippen LogP contribution is -2.06. The van der Waals surface area contributed by atoms with Crippen LogP contribution in [0.15, 0.2) is 24.3 Å². The Bertz CT molecular complexity index is 733. The fraction of sp³-hybridized carbons (Fsp3) is 0.0714. The molecule has 4 N–H and O–H groups in total. The molecule has 4 nitrogen and oxygen atoms in total. The van der Waals surface area contributed by atoms with Crippen LogP contribution in [0.2, 0.25) is 0 Å². The number of anilines is 3. The zero-order chi connectivity index (χ0) is 15.7. The second-order valence-corrected chi connectivity index (χ2v) is 4.43. The third kappa shape index (κ3) is 2.91. The van der Waals surface area contributed by atoms with E-state index in [-0.39, 0.29) is 22.6 Å². The minimum absolute atomic E-state index is 0.0559. The van der Waals surface area contributed by atoms with Gasteiger partial charge in [0.15, 0.2) is 0 Å². The number of carboxylic acid groups (broad SMARTS) is 1. The summed E-state index contributed by atoms with van der Waals surface area (Å²) in [6.07, 6.45) is 0. The average Bonchev–Trinajstić information content (AvgIpc) is 2.39. The lowest BCUT2D eigenvalue weighted by atomic mass is 10.1. The van der Waals surface area contributed by atoms with Crippen LogP contribution in [0, 0.1) is 24.4 Å². The first-order chi connectivity index (χ1) is 9.79. The minimum Gasteiger partial charge on any atom is -0.478 e. The van der Waals surface area contributed by atoms with Crippen molar-refractivity contribution in [2.24, 2.45) is 0 Å². The molecule has 0 saturated carbocycles. The number of hydrogen-bond donors (Lipinski definition) is 3. The van der Waals surface area contributed by atoms with Crippen LogP contribution >= 0.6 is 0 Å². The molecular weight excluding hydrogens is 285 g/mol. The summed E-state index contributed by atoms with van der Waals surface area (Å²) in [7, 11) is 0. The number of rotatable bonds is 3. The van der Waals surface area contributed by atoms with Crippen molar-refractivity contribution in [3.05, 3.63) is 52.8 Å². The topological polar surface area (TPSA) is 75.3 Å². The van der Waals surface area contributed by atoms with Crippen molar-refractivity contribution in [3.63, 3.8) is 0 Å². The minimum atomic E-state index is -1.47. The van der Waals surface area contributed by atoms with Crippen LogP contribution in [-0.2, 0) is 0 Å². The van der Waals surface area contributed by atoms with Gasteiger partial charge in [-0.05, 0) is 24.6 Å². The molecule has 2 rings (SSSR count). The summed E-state index contributed by atoms with van der Waals surface area (Å²) in [4.78, 5) is 10.8. The van der Waals surface area contributed by atoms with Gasteiger partial charge in [-0.15, -0.1) is 0 Å². The molecular formula is C14H11F3N2O2. The quantitative estimate of drug-likeness (QED) is 0.758.